The van der Waals surface area contributed by atoms with E-state index < -0.39 is 0 Å². The molecule has 1 N–H and O–H groups in total. The third-order valence-corrected chi connectivity index (χ3v) is 4.88. The summed E-state index contributed by atoms with van der Waals surface area (Å²) in [5.41, 5.74) is 1.30. The average molecular weight is 328 g/mol. The van der Waals surface area contributed by atoms with Crippen molar-refractivity contribution >= 4 is 6.03 Å². The molecule has 130 valence electrons. The van der Waals surface area contributed by atoms with Gasteiger partial charge >= 0.3 is 6.03 Å². The molecule has 0 radical (unpaired) electrons. The van der Waals surface area contributed by atoms with Gasteiger partial charge in [-0.3, -0.25) is 4.90 Å². The Morgan fingerprint density at radius 2 is 2.00 bits per heavy atom. The summed E-state index contributed by atoms with van der Waals surface area (Å²) in [7, 11) is 2.09. The van der Waals surface area contributed by atoms with Crippen molar-refractivity contribution < 1.29 is 4.79 Å². The highest BCUT2D eigenvalue weighted by atomic mass is 16.2. The van der Waals surface area contributed by atoms with Crippen molar-refractivity contribution in [1.29, 1.82) is 0 Å². The van der Waals surface area contributed by atoms with Gasteiger partial charge in [0.25, 0.3) is 0 Å². The van der Waals surface area contributed by atoms with Crippen LogP contribution in [0, 0.1) is 0 Å². The largest absolute Gasteiger partial charge is 0.337 e. The van der Waals surface area contributed by atoms with Crippen LogP contribution in [-0.4, -0.2) is 73.1 Å². The second-order valence-corrected chi connectivity index (χ2v) is 6.77. The fraction of sp³-hybridized carbons (Fsp3) is 0.526. The van der Waals surface area contributed by atoms with Gasteiger partial charge in [0.05, 0.1) is 0 Å². The Bertz CT molecular complexity index is 552. The normalized spacial score (nSPS) is 20.9. The molecule has 2 amide bonds. The number of amides is 2. The van der Waals surface area contributed by atoms with Gasteiger partial charge in [0, 0.05) is 51.9 Å². The fourth-order valence-electron chi connectivity index (χ4n) is 3.46. The maximum Gasteiger partial charge on any atom is 0.317 e. The van der Waals surface area contributed by atoms with Crippen LogP contribution in [0.25, 0.3) is 0 Å². The molecule has 5 nitrogen and oxygen atoms in total. The SMILES string of the molecule is CN(CCNC(=O)N1CC[C@@H](N2CC=CC2)C1)Cc1ccccc1. The van der Waals surface area contributed by atoms with Gasteiger partial charge in [0.15, 0.2) is 0 Å². The number of likely N-dealkylation sites (N-methyl/N-ethyl adjacent to an activating group) is 1. The Labute approximate surface area is 144 Å². The Hall–Kier alpha value is -1.85. The molecular formula is C19H28N4O. The van der Waals surface area contributed by atoms with Crippen LogP contribution in [0.2, 0.25) is 0 Å². The van der Waals surface area contributed by atoms with Crippen molar-refractivity contribution in [3.8, 4) is 0 Å². The molecular weight excluding hydrogens is 300 g/mol. The summed E-state index contributed by atoms with van der Waals surface area (Å²) in [5.74, 6) is 0. The van der Waals surface area contributed by atoms with E-state index in [-0.39, 0.29) is 6.03 Å². The summed E-state index contributed by atoms with van der Waals surface area (Å²) in [4.78, 5) is 18.9. The molecule has 2 heterocycles. The molecule has 0 spiro atoms. The number of carbonyl (C=O) groups excluding carboxylic acids is 1. The average Bonchev–Trinajstić information content (AvgIpc) is 3.27. The first kappa shape index (κ1) is 17.0. The van der Waals surface area contributed by atoms with Gasteiger partial charge in [0.2, 0.25) is 0 Å². The van der Waals surface area contributed by atoms with Crippen molar-refractivity contribution in [2.45, 2.75) is 19.0 Å². The molecule has 0 aliphatic carbocycles. The van der Waals surface area contributed by atoms with Crippen LogP contribution in [0.4, 0.5) is 4.79 Å². The highest BCUT2D eigenvalue weighted by Crippen LogP contribution is 2.17. The highest BCUT2D eigenvalue weighted by molar-refractivity contribution is 5.74. The predicted molar refractivity (Wildman–Crippen MR) is 96.9 cm³/mol. The molecule has 1 fully saturated rings. The van der Waals surface area contributed by atoms with E-state index in [9.17, 15) is 4.79 Å². The minimum absolute atomic E-state index is 0.0813. The number of nitrogens with zero attached hydrogens (tertiary/aromatic N) is 3. The Kier molecular flexibility index (Phi) is 5.88. The number of benzene rings is 1. The maximum absolute atomic E-state index is 12.3. The molecule has 1 atom stereocenters. The lowest BCUT2D eigenvalue weighted by molar-refractivity contribution is 0.198. The molecule has 0 unspecified atom stereocenters. The number of hydrogen-bond donors (Lipinski definition) is 1. The summed E-state index contributed by atoms with van der Waals surface area (Å²) < 4.78 is 0. The zero-order valence-electron chi connectivity index (χ0n) is 14.5. The standard InChI is InChI=1S/C19H28N4O/c1-21(15-17-7-3-2-4-8-17)14-10-20-19(24)23-13-9-18(16-23)22-11-5-6-12-22/h2-8,18H,9-16H2,1H3,(H,20,24)/t18-/m1/s1. The molecule has 0 aromatic heterocycles. The highest BCUT2D eigenvalue weighted by Gasteiger charge is 2.30. The molecule has 1 saturated heterocycles. The first-order valence-corrected chi connectivity index (χ1v) is 8.86. The zero-order chi connectivity index (χ0) is 16.8. The third kappa shape index (κ3) is 4.58. The van der Waals surface area contributed by atoms with Gasteiger partial charge in [-0.2, -0.15) is 0 Å². The van der Waals surface area contributed by atoms with Gasteiger partial charge in [-0.1, -0.05) is 42.5 Å². The second-order valence-electron chi connectivity index (χ2n) is 6.77. The fourth-order valence-corrected chi connectivity index (χ4v) is 3.46. The van der Waals surface area contributed by atoms with E-state index in [0.717, 1.165) is 45.7 Å². The smallest absolute Gasteiger partial charge is 0.317 e. The number of likely N-dealkylation sites (tertiary alicyclic amines) is 1. The molecule has 24 heavy (non-hydrogen) atoms. The van der Waals surface area contributed by atoms with Gasteiger partial charge in [-0.15, -0.1) is 0 Å². The van der Waals surface area contributed by atoms with E-state index >= 15 is 0 Å². The Balaban J connectivity index is 1.34. The van der Waals surface area contributed by atoms with E-state index in [1.807, 2.05) is 11.0 Å². The molecule has 0 saturated carbocycles. The first-order chi connectivity index (χ1) is 11.7. The van der Waals surface area contributed by atoms with E-state index in [1.54, 1.807) is 0 Å². The molecule has 1 aromatic rings. The molecule has 2 aliphatic heterocycles. The monoisotopic (exact) mass is 328 g/mol. The number of nitrogens with one attached hydrogen (secondary N) is 1. The van der Waals surface area contributed by atoms with Crippen LogP contribution in [0.15, 0.2) is 42.5 Å². The van der Waals surface area contributed by atoms with Crippen LogP contribution in [0.3, 0.4) is 0 Å². The molecule has 3 rings (SSSR count). The van der Waals surface area contributed by atoms with Crippen molar-refractivity contribution in [3.63, 3.8) is 0 Å². The van der Waals surface area contributed by atoms with E-state index in [2.05, 4.69) is 58.6 Å². The van der Waals surface area contributed by atoms with Gasteiger partial charge < -0.3 is 15.1 Å². The summed E-state index contributed by atoms with van der Waals surface area (Å²) in [6.45, 7) is 6.24. The number of urea groups is 1. The van der Waals surface area contributed by atoms with Crippen LogP contribution in [-0.2, 0) is 6.54 Å². The summed E-state index contributed by atoms with van der Waals surface area (Å²) >= 11 is 0. The predicted octanol–water partition coefficient (Wildman–Crippen LogP) is 1.77. The maximum atomic E-state index is 12.3. The molecule has 1 aromatic carbocycles. The zero-order valence-corrected chi connectivity index (χ0v) is 14.5. The summed E-state index contributed by atoms with van der Waals surface area (Å²) in [6, 6.07) is 11.0. The number of rotatable bonds is 6. The molecule has 2 aliphatic rings. The molecule has 0 bridgehead atoms. The number of hydrogen-bond acceptors (Lipinski definition) is 3. The van der Waals surface area contributed by atoms with E-state index in [4.69, 9.17) is 0 Å². The quantitative estimate of drug-likeness (QED) is 0.809. The lowest BCUT2D eigenvalue weighted by Gasteiger charge is -2.24. The van der Waals surface area contributed by atoms with E-state index in [1.165, 1.54) is 5.56 Å². The van der Waals surface area contributed by atoms with Crippen molar-refractivity contribution in [2.24, 2.45) is 0 Å². The Morgan fingerprint density at radius 1 is 1.25 bits per heavy atom. The van der Waals surface area contributed by atoms with Crippen LogP contribution >= 0.6 is 0 Å². The van der Waals surface area contributed by atoms with Crippen LogP contribution < -0.4 is 5.32 Å². The topological polar surface area (TPSA) is 38.8 Å². The number of carbonyl (C=O) groups is 1. The van der Waals surface area contributed by atoms with Gasteiger partial charge in [-0.05, 0) is 19.0 Å². The molecule has 5 heteroatoms. The second kappa shape index (κ2) is 8.31. The lowest BCUT2D eigenvalue weighted by atomic mass is 10.2. The van der Waals surface area contributed by atoms with Gasteiger partial charge in [-0.25, -0.2) is 4.79 Å². The lowest BCUT2D eigenvalue weighted by Crippen LogP contribution is -2.43. The minimum Gasteiger partial charge on any atom is -0.337 e. The summed E-state index contributed by atoms with van der Waals surface area (Å²) in [5, 5.41) is 3.06. The minimum atomic E-state index is 0.0813. The van der Waals surface area contributed by atoms with E-state index in [0.29, 0.717) is 12.6 Å². The third-order valence-electron chi connectivity index (χ3n) is 4.88. The summed E-state index contributed by atoms with van der Waals surface area (Å²) in [6.07, 6.45) is 5.51. The van der Waals surface area contributed by atoms with Crippen molar-refractivity contribution in [3.05, 3.63) is 48.0 Å². The van der Waals surface area contributed by atoms with Crippen molar-refractivity contribution in [2.75, 3.05) is 46.3 Å². The van der Waals surface area contributed by atoms with Gasteiger partial charge in [0.1, 0.15) is 0 Å². The van der Waals surface area contributed by atoms with Crippen LogP contribution in [0.1, 0.15) is 12.0 Å². The van der Waals surface area contributed by atoms with Crippen LogP contribution in [0.5, 0.6) is 0 Å². The first-order valence-electron chi connectivity index (χ1n) is 8.86. The van der Waals surface area contributed by atoms with Crippen molar-refractivity contribution in [1.82, 2.24) is 20.0 Å². The Morgan fingerprint density at radius 3 is 2.75 bits per heavy atom.